The van der Waals surface area contributed by atoms with Crippen LogP contribution < -0.4 is 15.2 Å². The lowest BCUT2D eigenvalue weighted by molar-refractivity contribution is 0.297. The molecule has 32 heavy (non-hydrogen) atoms. The first-order valence-corrected chi connectivity index (χ1v) is 11.3. The Balaban J connectivity index is 1.79. The van der Waals surface area contributed by atoms with E-state index in [0.717, 1.165) is 53.6 Å². The fourth-order valence-electron chi connectivity index (χ4n) is 4.31. The first-order chi connectivity index (χ1) is 15.6. The third kappa shape index (κ3) is 4.51. The number of rotatable bonds is 5. The summed E-state index contributed by atoms with van der Waals surface area (Å²) in [7, 11) is 1.63. The lowest BCUT2D eigenvalue weighted by Gasteiger charge is -2.20. The maximum atomic E-state index is 9.91. The quantitative estimate of drug-likeness (QED) is 0.510. The van der Waals surface area contributed by atoms with Crippen molar-refractivity contribution in [1.82, 2.24) is 4.98 Å². The van der Waals surface area contributed by atoms with Crippen LogP contribution in [0.3, 0.4) is 0 Å². The van der Waals surface area contributed by atoms with E-state index in [4.69, 9.17) is 26.8 Å². The smallest absolute Gasteiger partial charge is 0.142 e. The number of aromatic nitrogens is 1. The molecule has 0 saturated carbocycles. The Morgan fingerprint density at radius 3 is 2.59 bits per heavy atom. The van der Waals surface area contributed by atoms with Crippen LogP contribution in [-0.4, -0.2) is 12.1 Å². The molecule has 5 nitrogen and oxygen atoms in total. The van der Waals surface area contributed by atoms with Crippen molar-refractivity contribution < 1.29 is 9.47 Å². The molecule has 0 amide bonds. The largest absolute Gasteiger partial charge is 0.496 e. The highest BCUT2D eigenvalue weighted by molar-refractivity contribution is 6.32. The molecule has 1 aliphatic carbocycles. The van der Waals surface area contributed by atoms with Gasteiger partial charge >= 0.3 is 0 Å². The monoisotopic (exact) mass is 447 g/mol. The van der Waals surface area contributed by atoms with Gasteiger partial charge < -0.3 is 15.2 Å². The summed E-state index contributed by atoms with van der Waals surface area (Å²) in [6.45, 7) is 0.283. The van der Waals surface area contributed by atoms with Crippen molar-refractivity contribution >= 4 is 17.4 Å². The minimum Gasteiger partial charge on any atom is -0.496 e. The molecule has 1 heterocycles. The summed E-state index contributed by atoms with van der Waals surface area (Å²) < 4.78 is 11.5. The van der Waals surface area contributed by atoms with Gasteiger partial charge in [-0.2, -0.15) is 5.26 Å². The molecule has 0 bridgehead atoms. The molecular formula is C26H26ClN3O2. The van der Waals surface area contributed by atoms with E-state index in [9.17, 15) is 5.26 Å². The topological polar surface area (TPSA) is 81.2 Å². The number of nitrogens with two attached hydrogens (primary N) is 1. The fourth-order valence-corrected chi connectivity index (χ4v) is 4.50. The molecule has 1 aliphatic rings. The molecule has 2 N–H and O–H groups in total. The van der Waals surface area contributed by atoms with Gasteiger partial charge in [0.2, 0.25) is 0 Å². The number of pyridine rings is 1. The second kappa shape index (κ2) is 9.93. The van der Waals surface area contributed by atoms with Crippen LogP contribution in [0.15, 0.2) is 42.5 Å². The number of benzene rings is 2. The van der Waals surface area contributed by atoms with Gasteiger partial charge in [-0.05, 0) is 61.1 Å². The molecule has 0 unspecified atom stereocenters. The molecule has 4 rings (SSSR count). The van der Waals surface area contributed by atoms with E-state index in [2.05, 4.69) is 11.1 Å². The zero-order valence-corrected chi connectivity index (χ0v) is 18.9. The average molecular weight is 448 g/mol. The van der Waals surface area contributed by atoms with Gasteiger partial charge in [-0.1, -0.05) is 42.6 Å². The number of anilines is 1. The van der Waals surface area contributed by atoms with Crippen LogP contribution in [0.4, 0.5) is 5.82 Å². The first kappa shape index (κ1) is 22.0. The summed E-state index contributed by atoms with van der Waals surface area (Å²) in [5, 5.41) is 10.5. The molecule has 0 fully saturated rings. The molecule has 0 atom stereocenters. The van der Waals surface area contributed by atoms with Crippen molar-refractivity contribution in [2.45, 2.75) is 45.1 Å². The number of hydrogen-bond acceptors (Lipinski definition) is 5. The number of aryl methyl sites for hydroxylation is 1. The summed E-state index contributed by atoms with van der Waals surface area (Å²) in [5.41, 5.74) is 11.5. The third-order valence-corrected chi connectivity index (χ3v) is 6.21. The summed E-state index contributed by atoms with van der Waals surface area (Å²) in [4.78, 5) is 4.61. The van der Waals surface area contributed by atoms with Crippen molar-refractivity contribution in [1.29, 1.82) is 5.26 Å². The Morgan fingerprint density at radius 1 is 1.06 bits per heavy atom. The highest BCUT2D eigenvalue weighted by atomic mass is 35.5. The predicted molar refractivity (Wildman–Crippen MR) is 127 cm³/mol. The van der Waals surface area contributed by atoms with Crippen LogP contribution in [0.1, 0.15) is 48.1 Å². The van der Waals surface area contributed by atoms with Crippen LogP contribution in [0.5, 0.6) is 11.5 Å². The van der Waals surface area contributed by atoms with Gasteiger partial charge in [-0.25, -0.2) is 4.98 Å². The number of para-hydroxylation sites is 1. The van der Waals surface area contributed by atoms with Gasteiger partial charge in [0, 0.05) is 16.8 Å². The Labute approximate surface area is 193 Å². The van der Waals surface area contributed by atoms with Crippen LogP contribution in [0, 0.1) is 11.3 Å². The standard InChI is InChI=1S/C26H26ClN3O2/c1-31-23-13-12-17(14-18(23)16-32-24-11-7-6-9-21(24)27)25-19-8-4-2-3-5-10-22(19)30-26(29)20(25)15-28/h6-7,9,11-14H,2-5,8,10,16H2,1H3,(H2,29,30). The van der Waals surface area contributed by atoms with Gasteiger partial charge in [0.15, 0.2) is 0 Å². The molecule has 6 heteroatoms. The SMILES string of the molecule is COc1ccc(-c2c(C#N)c(N)nc3c2CCCCCC3)cc1COc1ccccc1Cl. The number of halogens is 1. The summed E-state index contributed by atoms with van der Waals surface area (Å²) in [5.74, 6) is 1.62. The van der Waals surface area contributed by atoms with Crippen molar-refractivity contribution in [2.75, 3.05) is 12.8 Å². The Kier molecular flexibility index (Phi) is 6.82. The molecule has 0 spiro atoms. The van der Waals surface area contributed by atoms with Crippen LogP contribution in [0.25, 0.3) is 11.1 Å². The van der Waals surface area contributed by atoms with Crippen LogP contribution in [0.2, 0.25) is 5.02 Å². The number of nitriles is 1. The third-order valence-electron chi connectivity index (χ3n) is 5.90. The van der Waals surface area contributed by atoms with Gasteiger partial charge in [-0.3, -0.25) is 0 Å². The van der Waals surface area contributed by atoms with Gasteiger partial charge in [0.25, 0.3) is 0 Å². The average Bonchev–Trinajstić information content (AvgIpc) is 2.79. The molecule has 3 aromatic rings. The maximum absolute atomic E-state index is 9.91. The molecular weight excluding hydrogens is 422 g/mol. The second-order valence-corrected chi connectivity index (χ2v) is 8.35. The molecule has 0 saturated heterocycles. The normalized spacial score (nSPS) is 13.4. The van der Waals surface area contributed by atoms with E-state index < -0.39 is 0 Å². The lowest BCUT2D eigenvalue weighted by Crippen LogP contribution is -2.10. The minimum atomic E-state index is 0.283. The van der Waals surface area contributed by atoms with Crippen molar-refractivity contribution in [2.24, 2.45) is 0 Å². The van der Waals surface area contributed by atoms with Gasteiger partial charge in [-0.15, -0.1) is 0 Å². The number of nitrogens with zero attached hydrogens (tertiary/aromatic N) is 2. The fraction of sp³-hybridized carbons (Fsp3) is 0.308. The molecule has 164 valence electrons. The van der Waals surface area contributed by atoms with Crippen molar-refractivity contribution in [3.05, 3.63) is 69.9 Å². The number of nitrogen functional groups attached to an aromatic ring is 1. The Morgan fingerprint density at radius 2 is 1.84 bits per heavy atom. The summed E-state index contributed by atoms with van der Waals surface area (Å²) in [6, 6.07) is 15.6. The maximum Gasteiger partial charge on any atom is 0.142 e. The Bertz CT molecular complexity index is 1170. The number of hydrogen-bond donors (Lipinski definition) is 1. The van der Waals surface area contributed by atoms with Gasteiger partial charge in [0.1, 0.15) is 35.6 Å². The predicted octanol–water partition coefficient (Wildman–Crippen LogP) is 6.10. The molecule has 0 aliphatic heterocycles. The van der Waals surface area contributed by atoms with Crippen molar-refractivity contribution in [3.8, 4) is 28.7 Å². The second-order valence-electron chi connectivity index (χ2n) is 7.94. The number of ether oxygens (including phenoxy) is 2. The molecule has 1 aromatic heterocycles. The highest BCUT2D eigenvalue weighted by Crippen LogP contribution is 2.37. The molecule has 0 radical (unpaired) electrons. The van der Waals surface area contributed by atoms with E-state index in [0.29, 0.717) is 27.9 Å². The van der Waals surface area contributed by atoms with Crippen LogP contribution in [-0.2, 0) is 19.4 Å². The zero-order valence-electron chi connectivity index (χ0n) is 18.2. The highest BCUT2D eigenvalue weighted by Gasteiger charge is 2.21. The van der Waals surface area contributed by atoms with E-state index in [-0.39, 0.29) is 6.61 Å². The number of methoxy groups -OCH3 is 1. The van der Waals surface area contributed by atoms with E-state index in [1.807, 2.05) is 36.4 Å². The first-order valence-electron chi connectivity index (χ1n) is 10.9. The van der Waals surface area contributed by atoms with E-state index in [1.165, 1.54) is 12.8 Å². The summed E-state index contributed by atoms with van der Waals surface area (Å²) in [6.07, 6.45) is 6.33. The van der Waals surface area contributed by atoms with E-state index >= 15 is 0 Å². The van der Waals surface area contributed by atoms with Gasteiger partial charge in [0.05, 0.1) is 12.1 Å². The van der Waals surface area contributed by atoms with Crippen LogP contribution >= 0.6 is 11.6 Å². The Hall–Kier alpha value is -3.23. The van der Waals surface area contributed by atoms with Crippen molar-refractivity contribution in [3.63, 3.8) is 0 Å². The molecule has 2 aromatic carbocycles. The van der Waals surface area contributed by atoms with E-state index in [1.54, 1.807) is 13.2 Å². The lowest BCUT2D eigenvalue weighted by atomic mass is 9.87. The summed E-state index contributed by atoms with van der Waals surface area (Å²) >= 11 is 6.24. The minimum absolute atomic E-state index is 0.283. The zero-order chi connectivity index (χ0) is 22.5. The number of fused-ring (bicyclic) bond motifs is 1.